The number of halogens is 1. The van der Waals surface area contributed by atoms with Crippen LogP contribution in [0.15, 0.2) is 82.5 Å². The summed E-state index contributed by atoms with van der Waals surface area (Å²) in [7, 11) is -4.04. The predicted molar refractivity (Wildman–Crippen MR) is 142 cm³/mol. The second kappa shape index (κ2) is 11.2. The van der Waals surface area contributed by atoms with Gasteiger partial charge in [0, 0.05) is 6.54 Å². The summed E-state index contributed by atoms with van der Waals surface area (Å²) in [6.07, 6.45) is 1.35. The van der Waals surface area contributed by atoms with E-state index in [0.717, 1.165) is 18.6 Å². The lowest BCUT2D eigenvalue weighted by Gasteiger charge is -2.30. The molecule has 0 saturated heterocycles. The number of nitrogens with zero attached hydrogens (tertiary/aromatic N) is 3. The molecule has 0 saturated carbocycles. The third kappa shape index (κ3) is 5.28. The number of ether oxygens (including phenoxy) is 1. The zero-order chi connectivity index (χ0) is 26.6. The molecule has 1 atom stereocenters. The Morgan fingerprint density at radius 1 is 1.00 bits per heavy atom. The normalized spacial score (nSPS) is 12.7. The fraction of sp³-hybridized carbons (Fsp3) is 0.286. The van der Waals surface area contributed by atoms with E-state index < -0.39 is 21.9 Å². The van der Waals surface area contributed by atoms with Gasteiger partial charge in [-0.3, -0.25) is 9.36 Å². The summed E-state index contributed by atoms with van der Waals surface area (Å²) < 4.78 is 49.7. The van der Waals surface area contributed by atoms with Crippen LogP contribution in [0.2, 0.25) is 0 Å². The lowest BCUT2D eigenvalue weighted by Crippen LogP contribution is -2.38. The van der Waals surface area contributed by atoms with E-state index in [-0.39, 0.29) is 22.8 Å². The predicted octanol–water partition coefficient (Wildman–Crippen LogP) is 5.48. The van der Waals surface area contributed by atoms with E-state index in [9.17, 15) is 17.6 Å². The SMILES string of the molecule is CCCCN(C(C)c1nc2ccccc2c(=O)n1-c1ccccc1OCC)S(=O)(=O)c1ccc(F)cc1. The van der Waals surface area contributed by atoms with Gasteiger partial charge in [-0.2, -0.15) is 4.31 Å². The van der Waals surface area contributed by atoms with E-state index >= 15 is 0 Å². The van der Waals surface area contributed by atoms with E-state index in [0.29, 0.717) is 35.4 Å². The van der Waals surface area contributed by atoms with Gasteiger partial charge in [-0.1, -0.05) is 37.6 Å². The molecule has 37 heavy (non-hydrogen) atoms. The molecule has 0 bridgehead atoms. The number of benzene rings is 3. The highest BCUT2D eigenvalue weighted by molar-refractivity contribution is 7.89. The van der Waals surface area contributed by atoms with Crippen molar-refractivity contribution in [2.45, 2.75) is 44.6 Å². The molecule has 0 N–H and O–H groups in total. The Morgan fingerprint density at radius 3 is 2.38 bits per heavy atom. The lowest BCUT2D eigenvalue weighted by atomic mass is 10.2. The topological polar surface area (TPSA) is 81.5 Å². The minimum absolute atomic E-state index is 0.0266. The van der Waals surface area contributed by atoms with Crippen molar-refractivity contribution in [2.24, 2.45) is 0 Å². The van der Waals surface area contributed by atoms with Crippen LogP contribution in [-0.4, -0.2) is 35.4 Å². The van der Waals surface area contributed by atoms with Crippen LogP contribution in [0.5, 0.6) is 5.75 Å². The molecule has 1 unspecified atom stereocenters. The average molecular weight is 524 g/mol. The van der Waals surface area contributed by atoms with Crippen LogP contribution in [0, 0.1) is 5.82 Å². The highest BCUT2D eigenvalue weighted by Crippen LogP contribution is 2.31. The Labute approximate surface area is 216 Å². The average Bonchev–Trinajstić information content (AvgIpc) is 2.89. The van der Waals surface area contributed by atoms with E-state index in [2.05, 4.69) is 0 Å². The Hall–Kier alpha value is -3.56. The molecule has 0 aliphatic carbocycles. The first-order valence-corrected chi connectivity index (χ1v) is 13.7. The number of sulfonamides is 1. The van der Waals surface area contributed by atoms with Crippen molar-refractivity contribution in [1.29, 1.82) is 0 Å². The van der Waals surface area contributed by atoms with Crippen molar-refractivity contribution in [3.63, 3.8) is 0 Å². The van der Waals surface area contributed by atoms with Crippen molar-refractivity contribution in [2.75, 3.05) is 13.2 Å². The molecular weight excluding hydrogens is 493 g/mol. The van der Waals surface area contributed by atoms with Crippen LogP contribution in [0.1, 0.15) is 45.5 Å². The van der Waals surface area contributed by atoms with Gasteiger partial charge in [0.05, 0.1) is 34.1 Å². The monoisotopic (exact) mass is 523 g/mol. The number of aromatic nitrogens is 2. The van der Waals surface area contributed by atoms with Crippen molar-refractivity contribution in [3.05, 3.63) is 94.8 Å². The summed E-state index contributed by atoms with van der Waals surface area (Å²) in [5, 5.41) is 0.409. The maximum absolute atomic E-state index is 13.9. The van der Waals surface area contributed by atoms with Crippen molar-refractivity contribution in [3.8, 4) is 11.4 Å². The summed E-state index contributed by atoms with van der Waals surface area (Å²) in [6, 6.07) is 18.0. The van der Waals surface area contributed by atoms with Crippen LogP contribution in [0.3, 0.4) is 0 Å². The summed E-state index contributed by atoms with van der Waals surface area (Å²) in [6.45, 7) is 6.12. The Balaban J connectivity index is 1.97. The fourth-order valence-electron chi connectivity index (χ4n) is 4.29. The second-order valence-corrected chi connectivity index (χ2v) is 10.5. The summed E-state index contributed by atoms with van der Waals surface area (Å²) in [5.41, 5.74) is 0.618. The highest BCUT2D eigenvalue weighted by Gasteiger charge is 2.33. The Morgan fingerprint density at radius 2 is 1.68 bits per heavy atom. The van der Waals surface area contributed by atoms with Gasteiger partial charge in [-0.05, 0) is 68.8 Å². The maximum atomic E-state index is 13.9. The smallest absolute Gasteiger partial charge is 0.266 e. The van der Waals surface area contributed by atoms with Gasteiger partial charge >= 0.3 is 0 Å². The molecule has 0 spiro atoms. The Kier molecular flexibility index (Phi) is 8.04. The summed E-state index contributed by atoms with van der Waals surface area (Å²) in [4.78, 5) is 18.6. The standard InChI is InChI=1S/C28H30FN3O4S/c1-4-6-19-31(37(34,35)22-17-15-21(29)16-18-22)20(3)27-30-24-12-8-7-11-23(24)28(33)32(27)25-13-9-10-14-26(25)36-5-2/h7-18,20H,4-6,19H2,1-3H3. The quantitative estimate of drug-likeness (QED) is 0.275. The van der Waals surface area contributed by atoms with Crippen LogP contribution in [0.25, 0.3) is 16.6 Å². The molecule has 0 fully saturated rings. The molecular formula is C28H30FN3O4S. The molecule has 4 rings (SSSR count). The molecule has 3 aromatic carbocycles. The van der Waals surface area contributed by atoms with Crippen molar-refractivity contribution < 1.29 is 17.5 Å². The van der Waals surface area contributed by atoms with Gasteiger partial charge < -0.3 is 4.74 Å². The van der Waals surface area contributed by atoms with Gasteiger partial charge in [0.1, 0.15) is 17.4 Å². The van der Waals surface area contributed by atoms with Crippen molar-refractivity contribution >= 4 is 20.9 Å². The van der Waals surface area contributed by atoms with E-state index in [1.807, 2.05) is 19.9 Å². The molecule has 7 nitrogen and oxygen atoms in total. The third-order valence-electron chi connectivity index (χ3n) is 6.17. The molecule has 9 heteroatoms. The van der Waals surface area contributed by atoms with Crippen LogP contribution < -0.4 is 10.3 Å². The van der Waals surface area contributed by atoms with Crippen LogP contribution in [-0.2, 0) is 10.0 Å². The number of hydrogen-bond acceptors (Lipinski definition) is 5. The molecule has 1 aromatic heterocycles. The summed E-state index contributed by atoms with van der Waals surface area (Å²) >= 11 is 0. The molecule has 0 amide bonds. The molecule has 0 radical (unpaired) electrons. The molecule has 194 valence electrons. The number of para-hydroxylation sites is 3. The van der Waals surface area contributed by atoms with E-state index in [1.165, 1.54) is 21.0 Å². The number of unbranched alkanes of at least 4 members (excludes halogenated alkanes) is 1. The maximum Gasteiger partial charge on any atom is 0.266 e. The van der Waals surface area contributed by atoms with Crippen LogP contribution >= 0.6 is 0 Å². The first kappa shape index (κ1) is 26.5. The highest BCUT2D eigenvalue weighted by atomic mass is 32.2. The molecule has 4 aromatic rings. The zero-order valence-electron chi connectivity index (χ0n) is 21.1. The van der Waals surface area contributed by atoms with E-state index in [4.69, 9.17) is 9.72 Å². The second-order valence-electron chi connectivity index (χ2n) is 8.63. The van der Waals surface area contributed by atoms with Gasteiger partial charge in [-0.25, -0.2) is 17.8 Å². The first-order chi connectivity index (χ1) is 17.8. The van der Waals surface area contributed by atoms with Gasteiger partial charge in [-0.15, -0.1) is 0 Å². The first-order valence-electron chi connectivity index (χ1n) is 12.3. The van der Waals surface area contributed by atoms with Gasteiger partial charge in [0.25, 0.3) is 5.56 Å². The minimum atomic E-state index is -4.04. The number of fused-ring (bicyclic) bond motifs is 1. The third-order valence-corrected chi connectivity index (χ3v) is 8.15. The van der Waals surface area contributed by atoms with Gasteiger partial charge in [0.15, 0.2) is 0 Å². The number of hydrogen-bond donors (Lipinski definition) is 0. The zero-order valence-corrected chi connectivity index (χ0v) is 21.9. The number of rotatable bonds is 10. The molecule has 0 aliphatic rings. The lowest BCUT2D eigenvalue weighted by molar-refractivity contribution is 0.319. The van der Waals surface area contributed by atoms with E-state index in [1.54, 1.807) is 49.4 Å². The largest absolute Gasteiger partial charge is 0.492 e. The minimum Gasteiger partial charge on any atom is -0.492 e. The molecule has 0 aliphatic heterocycles. The fourth-order valence-corrected chi connectivity index (χ4v) is 5.92. The van der Waals surface area contributed by atoms with Crippen molar-refractivity contribution in [1.82, 2.24) is 13.9 Å². The van der Waals surface area contributed by atoms with Crippen LogP contribution in [0.4, 0.5) is 4.39 Å². The van der Waals surface area contributed by atoms with Gasteiger partial charge in [0.2, 0.25) is 10.0 Å². The molecule has 1 heterocycles. The summed E-state index contributed by atoms with van der Waals surface area (Å²) in [5.74, 6) is 0.224. The Bertz CT molecular complexity index is 1550.